The zero-order valence-corrected chi connectivity index (χ0v) is 9.39. The third kappa shape index (κ3) is 1.51. The van der Waals surface area contributed by atoms with E-state index in [1.54, 1.807) is 0 Å². The first kappa shape index (κ1) is 10.3. The number of rotatable bonds is 0. The van der Waals surface area contributed by atoms with E-state index in [2.05, 4.69) is 10.4 Å². The molecule has 2 aliphatic rings. The summed E-state index contributed by atoms with van der Waals surface area (Å²) in [4.78, 5) is 18.7. The lowest BCUT2D eigenvalue weighted by atomic mass is 10.1. The fourth-order valence-corrected chi connectivity index (χ4v) is 2.53. The van der Waals surface area contributed by atoms with Crippen molar-refractivity contribution in [3.8, 4) is 0 Å². The second-order valence-electron chi connectivity index (χ2n) is 4.32. The van der Waals surface area contributed by atoms with Crippen LogP contribution in [0.25, 0.3) is 0 Å². The van der Waals surface area contributed by atoms with Gasteiger partial charge in [-0.2, -0.15) is 0 Å². The van der Waals surface area contributed by atoms with Crippen molar-refractivity contribution in [2.75, 3.05) is 6.54 Å². The van der Waals surface area contributed by atoms with E-state index in [1.807, 2.05) is 29.2 Å². The smallest absolute Gasteiger partial charge is 0.256 e. The van der Waals surface area contributed by atoms with Gasteiger partial charge < -0.3 is 10.3 Å². The topological polar surface area (TPSA) is 70.7 Å². The molecule has 1 unspecified atom stereocenters. The molecule has 5 heteroatoms. The zero-order chi connectivity index (χ0) is 11.8. The van der Waals surface area contributed by atoms with E-state index in [1.165, 1.54) is 0 Å². The number of para-hydroxylation sites is 1. The fourth-order valence-electron chi connectivity index (χ4n) is 2.53. The van der Waals surface area contributed by atoms with Crippen molar-refractivity contribution in [2.24, 2.45) is 10.8 Å². The Labute approximate surface area is 99.3 Å². The normalized spacial score (nSPS) is 22.6. The molecule has 1 saturated heterocycles. The molecule has 1 aromatic rings. The maximum Gasteiger partial charge on any atom is 0.256 e. The number of carbonyl (C=O) groups is 1. The summed E-state index contributed by atoms with van der Waals surface area (Å²) in [5.74, 6) is 6.25. The molecule has 0 bridgehead atoms. The molecule has 1 fully saturated rings. The van der Waals surface area contributed by atoms with Gasteiger partial charge in [0.15, 0.2) is 0 Å². The average molecular weight is 230 g/mol. The number of aliphatic imine (C=N–C) groups is 1. The summed E-state index contributed by atoms with van der Waals surface area (Å²) in [6.45, 7) is 0.776. The first-order chi connectivity index (χ1) is 8.31. The average Bonchev–Trinajstić information content (AvgIpc) is 2.81. The van der Waals surface area contributed by atoms with Crippen LogP contribution in [0, 0.1) is 0 Å². The highest BCUT2D eigenvalue weighted by atomic mass is 16.2. The molecule has 2 aliphatic heterocycles. The second-order valence-corrected chi connectivity index (χ2v) is 4.32. The largest absolute Gasteiger partial charge is 0.328 e. The SMILES string of the molecule is NNC1=Nc2ccccc2C(=O)N2CCCC12. The minimum atomic E-state index is -0.0000926. The lowest BCUT2D eigenvalue weighted by Gasteiger charge is -2.23. The Morgan fingerprint density at radius 3 is 3.06 bits per heavy atom. The molecule has 1 atom stereocenters. The van der Waals surface area contributed by atoms with Crippen LogP contribution in [-0.4, -0.2) is 29.2 Å². The molecule has 5 nitrogen and oxygen atoms in total. The second kappa shape index (κ2) is 3.85. The summed E-state index contributed by atoms with van der Waals surface area (Å²) in [5, 5.41) is 0. The number of nitrogens with zero attached hydrogens (tertiary/aromatic N) is 2. The van der Waals surface area contributed by atoms with Crippen molar-refractivity contribution in [3.63, 3.8) is 0 Å². The highest BCUT2D eigenvalue weighted by molar-refractivity contribution is 6.06. The molecule has 0 aliphatic carbocycles. The number of nitrogens with two attached hydrogens (primary N) is 1. The van der Waals surface area contributed by atoms with E-state index in [4.69, 9.17) is 5.84 Å². The van der Waals surface area contributed by atoms with Gasteiger partial charge in [0.1, 0.15) is 5.84 Å². The number of hydrogen-bond donors (Lipinski definition) is 2. The third-order valence-electron chi connectivity index (χ3n) is 3.35. The lowest BCUT2D eigenvalue weighted by molar-refractivity contribution is 0.0771. The molecule has 0 radical (unpaired) electrons. The van der Waals surface area contributed by atoms with Crippen molar-refractivity contribution < 1.29 is 4.79 Å². The molecule has 0 saturated carbocycles. The van der Waals surface area contributed by atoms with Crippen LogP contribution in [0.15, 0.2) is 29.3 Å². The minimum absolute atomic E-state index is 0.0000926. The highest BCUT2D eigenvalue weighted by Gasteiger charge is 2.35. The number of nitrogens with one attached hydrogen (secondary N) is 1. The van der Waals surface area contributed by atoms with Gasteiger partial charge in [0.2, 0.25) is 0 Å². The molecule has 17 heavy (non-hydrogen) atoms. The first-order valence-electron chi connectivity index (χ1n) is 5.76. The molecule has 0 aromatic heterocycles. The standard InChI is InChI=1S/C12H14N4O/c13-15-11-10-6-3-7-16(10)12(17)8-4-1-2-5-9(8)14-11/h1-2,4-5,10H,3,6-7,13H2,(H,14,15). The number of fused-ring (bicyclic) bond motifs is 2. The summed E-state index contributed by atoms with van der Waals surface area (Å²) >= 11 is 0. The van der Waals surface area contributed by atoms with Crippen LogP contribution >= 0.6 is 0 Å². The van der Waals surface area contributed by atoms with Gasteiger partial charge in [0, 0.05) is 6.54 Å². The summed E-state index contributed by atoms with van der Waals surface area (Å²) in [5.41, 5.74) is 3.98. The van der Waals surface area contributed by atoms with E-state index >= 15 is 0 Å². The molecule has 88 valence electrons. The Morgan fingerprint density at radius 2 is 2.24 bits per heavy atom. The van der Waals surface area contributed by atoms with Gasteiger partial charge in [-0.1, -0.05) is 12.1 Å². The van der Waals surface area contributed by atoms with E-state index in [9.17, 15) is 4.79 Å². The lowest BCUT2D eigenvalue weighted by Crippen LogP contribution is -2.47. The van der Waals surface area contributed by atoms with Gasteiger partial charge in [-0.15, -0.1) is 0 Å². The summed E-state index contributed by atoms with van der Waals surface area (Å²) in [6.07, 6.45) is 1.92. The van der Waals surface area contributed by atoms with Crippen LogP contribution in [-0.2, 0) is 0 Å². The summed E-state index contributed by atoms with van der Waals surface area (Å²) in [6, 6.07) is 7.39. The third-order valence-corrected chi connectivity index (χ3v) is 3.35. The monoisotopic (exact) mass is 230 g/mol. The number of benzene rings is 1. The van der Waals surface area contributed by atoms with Crippen LogP contribution in [0.2, 0.25) is 0 Å². The van der Waals surface area contributed by atoms with Gasteiger partial charge in [0.05, 0.1) is 17.3 Å². The number of hydrogen-bond acceptors (Lipinski definition) is 4. The number of hydrazine groups is 1. The van der Waals surface area contributed by atoms with Gasteiger partial charge in [-0.25, -0.2) is 10.8 Å². The number of amidine groups is 1. The summed E-state index contributed by atoms with van der Waals surface area (Å²) in [7, 11) is 0. The predicted molar refractivity (Wildman–Crippen MR) is 64.9 cm³/mol. The van der Waals surface area contributed by atoms with Crippen molar-refractivity contribution in [3.05, 3.63) is 29.8 Å². The van der Waals surface area contributed by atoms with Crippen LogP contribution in [0.4, 0.5) is 5.69 Å². The van der Waals surface area contributed by atoms with Gasteiger partial charge in [-0.3, -0.25) is 4.79 Å². The van der Waals surface area contributed by atoms with Crippen LogP contribution in [0.5, 0.6) is 0 Å². The quantitative estimate of drug-likeness (QED) is 0.511. The Balaban J connectivity index is 2.15. The van der Waals surface area contributed by atoms with E-state index in [0.29, 0.717) is 17.1 Å². The van der Waals surface area contributed by atoms with Crippen molar-refractivity contribution >= 4 is 17.4 Å². The van der Waals surface area contributed by atoms with Crippen LogP contribution in [0.3, 0.4) is 0 Å². The zero-order valence-electron chi connectivity index (χ0n) is 9.39. The Hall–Kier alpha value is -1.88. The number of amides is 1. The molecular formula is C12H14N4O. The molecule has 1 amide bonds. The summed E-state index contributed by atoms with van der Waals surface area (Å²) < 4.78 is 0. The number of carbonyl (C=O) groups excluding carboxylic acids is 1. The van der Waals surface area contributed by atoms with Gasteiger partial charge >= 0.3 is 0 Å². The maximum absolute atomic E-state index is 12.4. The highest BCUT2D eigenvalue weighted by Crippen LogP contribution is 2.29. The molecular weight excluding hydrogens is 216 g/mol. The first-order valence-corrected chi connectivity index (χ1v) is 5.76. The Morgan fingerprint density at radius 1 is 1.41 bits per heavy atom. The molecule has 3 N–H and O–H groups in total. The fraction of sp³-hybridized carbons (Fsp3) is 0.333. The maximum atomic E-state index is 12.4. The van der Waals surface area contributed by atoms with E-state index in [-0.39, 0.29) is 11.9 Å². The molecule has 0 spiro atoms. The van der Waals surface area contributed by atoms with Crippen LogP contribution in [0.1, 0.15) is 23.2 Å². The van der Waals surface area contributed by atoms with Crippen molar-refractivity contribution in [1.29, 1.82) is 0 Å². The van der Waals surface area contributed by atoms with Crippen molar-refractivity contribution in [1.82, 2.24) is 10.3 Å². The van der Waals surface area contributed by atoms with Crippen LogP contribution < -0.4 is 11.3 Å². The molecule has 3 rings (SSSR count). The van der Waals surface area contributed by atoms with E-state index < -0.39 is 0 Å². The van der Waals surface area contributed by atoms with Gasteiger partial charge in [0.25, 0.3) is 5.91 Å². The minimum Gasteiger partial charge on any atom is -0.328 e. The molecule has 2 heterocycles. The van der Waals surface area contributed by atoms with E-state index in [0.717, 1.165) is 19.4 Å². The van der Waals surface area contributed by atoms with Crippen molar-refractivity contribution in [2.45, 2.75) is 18.9 Å². The van der Waals surface area contributed by atoms with Gasteiger partial charge in [-0.05, 0) is 25.0 Å². The molecule has 1 aromatic carbocycles. The predicted octanol–water partition coefficient (Wildman–Crippen LogP) is 0.798. The Kier molecular flexibility index (Phi) is 2.33. The Bertz CT molecular complexity index is 497.